The first kappa shape index (κ1) is 9.89. The van der Waals surface area contributed by atoms with Crippen LogP contribution in [0.5, 0.6) is 11.5 Å². The fraction of sp³-hybridized carbons (Fsp3) is 0.167. The molecule has 5 heteroatoms. The third kappa shape index (κ3) is 1.87. The van der Waals surface area contributed by atoms with Gasteiger partial charge in [0.15, 0.2) is 0 Å². The highest BCUT2D eigenvalue weighted by Crippen LogP contribution is 2.36. The van der Waals surface area contributed by atoms with Crippen molar-refractivity contribution < 1.29 is 9.84 Å². The third-order valence-corrected chi connectivity index (χ3v) is 2.68. The van der Waals surface area contributed by atoms with Crippen LogP contribution in [0.15, 0.2) is 36.9 Å². The van der Waals surface area contributed by atoms with E-state index < -0.39 is 0 Å². The van der Waals surface area contributed by atoms with Gasteiger partial charge in [0.05, 0.1) is 24.1 Å². The number of fused-ring (bicyclic) bond motifs is 1. The molecule has 17 heavy (non-hydrogen) atoms. The van der Waals surface area contributed by atoms with Crippen LogP contribution in [0.3, 0.4) is 0 Å². The third-order valence-electron chi connectivity index (χ3n) is 2.68. The number of ether oxygens (including phenoxy) is 1. The van der Waals surface area contributed by atoms with Crippen LogP contribution >= 0.6 is 0 Å². The molecule has 1 atom stereocenters. The lowest BCUT2D eigenvalue weighted by Crippen LogP contribution is -2.12. The molecule has 3 rings (SSSR count). The van der Waals surface area contributed by atoms with Crippen LogP contribution in [0.2, 0.25) is 0 Å². The molecule has 0 bridgehead atoms. The second kappa shape index (κ2) is 3.93. The molecule has 86 valence electrons. The van der Waals surface area contributed by atoms with Crippen molar-refractivity contribution in [1.82, 2.24) is 9.97 Å². The van der Waals surface area contributed by atoms with Crippen molar-refractivity contribution in [2.24, 2.45) is 0 Å². The van der Waals surface area contributed by atoms with Gasteiger partial charge < -0.3 is 15.2 Å². The minimum absolute atomic E-state index is 0.0663. The summed E-state index contributed by atoms with van der Waals surface area (Å²) in [7, 11) is 0. The van der Waals surface area contributed by atoms with Crippen LogP contribution < -0.4 is 10.1 Å². The first-order chi connectivity index (χ1) is 8.33. The Bertz CT molecular complexity index is 531. The normalized spacial score (nSPS) is 17.3. The van der Waals surface area contributed by atoms with Crippen molar-refractivity contribution in [1.29, 1.82) is 0 Å². The minimum Gasteiger partial charge on any atom is -0.508 e. The molecular formula is C12H11N3O2. The molecule has 2 aromatic rings. The number of hydrogen-bond donors (Lipinski definition) is 2. The Balaban J connectivity index is 1.85. The monoisotopic (exact) mass is 229 g/mol. The summed E-state index contributed by atoms with van der Waals surface area (Å²) in [4.78, 5) is 7.88. The van der Waals surface area contributed by atoms with E-state index >= 15 is 0 Å². The zero-order valence-corrected chi connectivity index (χ0v) is 9.00. The van der Waals surface area contributed by atoms with E-state index in [0.29, 0.717) is 6.61 Å². The average molecular weight is 229 g/mol. The molecule has 1 aliphatic heterocycles. The summed E-state index contributed by atoms with van der Waals surface area (Å²) in [5, 5.41) is 12.6. The highest BCUT2D eigenvalue weighted by Gasteiger charge is 2.24. The maximum atomic E-state index is 9.35. The van der Waals surface area contributed by atoms with E-state index in [4.69, 9.17) is 4.74 Å². The minimum atomic E-state index is 0.0663. The molecule has 2 N–H and O–H groups in total. The van der Waals surface area contributed by atoms with Crippen molar-refractivity contribution in [2.75, 3.05) is 11.9 Å². The molecule has 0 spiro atoms. The van der Waals surface area contributed by atoms with Gasteiger partial charge in [0.25, 0.3) is 0 Å². The van der Waals surface area contributed by atoms with Gasteiger partial charge in [0.2, 0.25) is 0 Å². The summed E-state index contributed by atoms with van der Waals surface area (Å²) in [6, 6.07) is 5.21. The van der Waals surface area contributed by atoms with E-state index in [1.807, 2.05) is 6.07 Å². The second-order valence-corrected chi connectivity index (χ2v) is 3.86. The zero-order chi connectivity index (χ0) is 11.7. The number of anilines is 1. The fourth-order valence-electron chi connectivity index (χ4n) is 1.89. The SMILES string of the molecule is Oc1ccc2c(c1)OCC2Nc1cncnc1. The molecule has 0 radical (unpaired) electrons. The highest BCUT2D eigenvalue weighted by atomic mass is 16.5. The number of nitrogens with zero attached hydrogens (tertiary/aromatic N) is 2. The van der Waals surface area contributed by atoms with Crippen molar-refractivity contribution in [3.8, 4) is 11.5 Å². The first-order valence-corrected chi connectivity index (χ1v) is 5.30. The van der Waals surface area contributed by atoms with Crippen LogP contribution in [0, 0.1) is 0 Å². The lowest BCUT2D eigenvalue weighted by Gasteiger charge is -2.11. The van der Waals surface area contributed by atoms with Crippen LogP contribution in [0.25, 0.3) is 0 Å². The second-order valence-electron chi connectivity index (χ2n) is 3.86. The number of nitrogens with one attached hydrogen (secondary N) is 1. The van der Waals surface area contributed by atoms with Gasteiger partial charge in [0.1, 0.15) is 24.4 Å². The number of phenols is 1. The Kier molecular flexibility index (Phi) is 2.29. The Morgan fingerprint density at radius 3 is 2.94 bits per heavy atom. The summed E-state index contributed by atoms with van der Waals surface area (Å²) in [6.07, 6.45) is 4.92. The van der Waals surface area contributed by atoms with Crippen molar-refractivity contribution in [3.63, 3.8) is 0 Å². The Hall–Kier alpha value is -2.30. The summed E-state index contributed by atoms with van der Waals surface area (Å²) < 4.78 is 5.50. The molecule has 2 heterocycles. The van der Waals surface area contributed by atoms with Crippen molar-refractivity contribution >= 4 is 5.69 Å². The molecule has 1 aromatic heterocycles. The molecule has 0 saturated carbocycles. The Morgan fingerprint density at radius 1 is 1.29 bits per heavy atom. The van der Waals surface area contributed by atoms with Crippen molar-refractivity contribution in [2.45, 2.75) is 6.04 Å². The molecule has 1 aromatic carbocycles. The fourth-order valence-corrected chi connectivity index (χ4v) is 1.89. The smallest absolute Gasteiger partial charge is 0.128 e. The van der Waals surface area contributed by atoms with E-state index in [1.54, 1.807) is 24.5 Å². The van der Waals surface area contributed by atoms with Crippen LogP contribution in [-0.4, -0.2) is 21.7 Å². The average Bonchev–Trinajstić information content (AvgIpc) is 2.73. The van der Waals surface area contributed by atoms with Gasteiger partial charge in [-0.15, -0.1) is 0 Å². The quantitative estimate of drug-likeness (QED) is 0.820. The van der Waals surface area contributed by atoms with E-state index in [-0.39, 0.29) is 11.8 Å². The highest BCUT2D eigenvalue weighted by molar-refractivity contribution is 5.49. The summed E-state index contributed by atoms with van der Waals surface area (Å²) in [6.45, 7) is 0.535. The number of phenolic OH excluding ortho intramolecular Hbond substituents is 1. The van der Waals surface area contributed by atoms with Gasteiger partial charge in [-0.2, -0.15) is 0 Å². The van der Waals surface area contributed by atoms with Gasteiger partial charge in [-0.3, -0.25) is 0 Å². The van der Waals surface area contributed by atoms with Crippen LogP contribution in [0.1, 0.15) is 11.6 Å². The predicted octanol–water partition coefficient (Wildman–Crippen LogP) is 1.73. The topological polar surface area (TPSA) is 67.3 Å². The van der Waals surface area contributed by atoms with E-state index in [2.05, 4.69) is 15.3 Å². The van der Waals surface area contributed by atoms with E-state index in [1.165, 1.54) is 6.33 Å². The van der Waals surface area contributed by atoms with E-state index in [0.717, 1.165) is 17.0 Å². The number of aromatic hydroxyl groups is 1. The zero-order valence-electron chi connectivity index (χ0n) is 9.00. The summed E-state index contributed by atoms with van der Waals surface area (Å²) in [5.74, 6) is 0.937. The molecular weight excluding hydrogens is 218 g/mol. The molecule has 0 aliphatic carbocycles. The maximum absolute atomic E-state index is 9.35. The van der Waals surface area contributed by atoms with Crippen molar-refractivity contribution in [3.05, 3.63) is 42.5 Å². The van der Waals surface area contributed by atoms with Gasteiger partial charge >= 0.3 is 0 Å². The standard InChI is InChI=1S/C12H11N3O2/c16-9-1-2-10-11(6-17-12(10)3-9)15-8-4-13-7-14-5-8/h1-5,7,11,15-16H,6H2. The molecule has 5 nitrogen and oxygen atoms in total. The van der Waals surface area contributed by atoms with E-state index in [9.17, 15) is 5.11 Å². The Morgan fingerprint density at radius 2 is 2.12 bits per heavy atom. The predicted molar refractivity (Wildman–Crippen MR) is 62.0 cm³/mol. The Labute approximate surface area is 98.1 Å². The van der Waals surface area contributed by atoms with Crippen LogP contribution in [-0.2, 0) is 0 Å². The first-order valence-electron chi connectivity index (χ1n) is 5.30. The largest absolute Gasteiger partial charge is 0.508 e. The number of aromatic nitrogens is 2. The molecule has 0 fully saturated rings. The van der Waals surface area contributed by atoms with Gasteiger partial charge in [-0.1, -0.05) is 0 Å². The molecule has 0 saturated heterocycles. The maximum Gasteiger partial charge on any atom is 0.128 e. The molecule has 1 unspecified atom stereocenters. The number of rotatable bonds is 2. The molecule has 1 aliphatic rings. The summed E-state index contributed by atoms with van der Waals surface area (Å²) >= 11 is 0. The number of hydrogen-bond acceptors (Lipinski definition) is 5. The van der Waals surface area contributed by atoms with Crippen LogP contribution in [0.4, 0.5) is 5.69 Å². The lowest BCUT2D eigenvalue weighted by molar-refractivity contribution is 0.338. The lowest BCUT2D eigenvalue weighted by atomic mass is 10.1. The van der Waals surface area contributed by atoms with Gasteiger partial charge in [-0.25, -0.2) is 9.97 Å². The summed E-state index contributed by atoms with van der Waals surface area (Å²) in [5.41, 5.74) is 1.88. The number of benzene rings is 1. The molecule has 0 amide bonds. The van der Waals surface area contributed by atoms with Gasteiger partial charge in [0, 0.05) is 11.6 Å². The van der Waals surface area contributed by atoms with Gasteiger partial charge in [-0.05, 0) is 12.1 Å².